The van der Waals surface area contributed by atoms with Gasteiger partial charge in [-0.2, -0.15) is 0 Å². The Morgan fingerprint density at radius 3 is 2.32 bits per heavy atom. The molecule has 3 rings (SSSR count). The van der Waals surface area contributed by atoms with Gasteiger partial charge in [-0.25, -0.2) is 0 Å². The van der Waals surface area contributed by atoms with Gasteiger partial charge in [-0.3, -0.25) is 9.69 Å². The summed E-state index contributed by atoms with van der Waals surface area (Å²) >= 11 is 0. The number of hydrogen-bond donors (Lipinski definition) is 1. The Bertz CT molecular complexity index is 714. The van der Waals surface area contributed by atoms with Crippen LogP contribution in [0, 0.1) is 0 Å². The molecule has 2 aromatic rings. The van der Waals surface area contributed by atoms with Crippen LogP contribution in [-0.2, 0) is 11.3 Å². The van der Waals surface area contributed by atoms with E-state index in [0.717, 1.165) is 44.2 Å². The van der Waals surface area contributed by atoms with E-state index >= 15 is 0 Å². The molecular weight excluding hydrogens is 354 g/mol. The summed E-state index contributed by atoms with van der Waals surface area (Å²) in [6.07, 6.45) is 0. The molecule has 0 unspecified atom stereocenters. The largest absolute Gasteiger partial charge is 0.497 e. The minimum atomic E-state index is 0.156. The van der Waals surface area contributed by atoms with Gasteiger partial charge in [0.25, 0.3) is 0 Å². The van der Waals surface area contributed by atoms with Crippen molar-refractivity contribution < 1.29 is 14.3 Å². The molecule has 1 fully saturated rings. The first kappa shape index (κ1) is 20.2. The summed E-state index contributed by atoms with van der Waals surface area (Å²) in [4.78, 5) is 16.7. The van der Waals surface area contributed by atoms with E-state index in [1.807, 2.05) is 35.2 Å². The molecule has 0 radical (unpaired) electrons. The van der Waals surface area contributed by atoms with E-state index < -0.39 is 0 Å². The van der Waals surface area contributed by atoms with Crippen molar-refractivity contribution in [1.29, 1.82) is 0 Å². The second kappa shape index (κ2) is 10.7. The molecular formula is C22H29N3O3. The highest BCUT2D eigenvalue weighted by Crippen LogP contribution is 2.16. The van der Waals surface area contributed by atoms with Crippen LogP contribution in [0.2, 0.25) is 0 Å². The number of piperazine rings is 1. The summed E-state index contributed by atoms with van der Waals surface area (Å²) in [5.41, 5.74) is 1.32. The van der Waals surface area contributed by atoms with Gasteiger partial charge < -0.3 is 19.7 Å². The van der Waals surface area contributed by atoms with Crippen LogP contribution in [0.4, 0.5) is 0 Å². The maximum atomic E-state index is 12.4. The number of carbonyl (C=O) groups is 1. The molecule has 6 heteroatoms. The number of nitrogens with one attached hydrogen (secondary N) is 1. The smallest absolute Gasteiger partial charge is 0.236 e. The van der Waals surface area contributed by atoms with Gasteiger partial charge in [0.2, 0.25) is 5.91 Å². The van der Waals surface area contributed by atoms with Crippen LogP contribution >= 0.6 is 0 Å². The summed E-state index contributed by atoms with van der Waals surface area (Å²) in [6.45, 7) is 5.86. The van der Waals surface area contributed by atoms with E-state index in [0.29, 0.717) is 19.7 Å². The zero-order valence-electron chi connectivity index (χ0n) is 16.5. The molecule has 1 saturated heterocycles. The van der Waals surface area contributed by atoms with Crippen molar-refractivity contribution in [3.05, 3.63) is 60.2 Å². The Hall–Kier alpha value is -2.57. The fraction of sp³-hybridized carbons (Fsp3) is 0.409. The molecule has 28 heavy (non-hydrogen) atoms. The Morgan fingerprint density at radius 1 is 0.964 bits per heavy atom. The monoisotopic (exact) mass is 383 g/mol. The SMILES string of the molecule is COc1ccc(OCCNCC(=O)N2CCN(Cc3ccccc3)CC2)cc1. The number of nitrogens with zero attached hydrogens (tertiary/aromatic N) is 2. The third-order valence-corrected chi connectivity index (χ3v) is 4.86. The summed E-state index contributed by atoms with van der Waals surface area (Å²) in [6, 6.07) is 17.9. The lowest BCUT2D eigenvalue weighted by Gasteiger charge is -2.34. The zero-order chi connectivity index (χ0) is 19.6. The number of hydrogen-bond acceptors (Lipinski definition) is 5. The van der Waals surface area contributed by atoms with E-state index in [4.69, 9.17) is 9.47 Å². The summed E-state index contributed by atoms with van der Waals surface area (Å²) < 4.78 is 10.8. The first-order chi connectivity index (χ1) is 13.7. The number of rotatable bonds is 9. The molecule has 0 aromatic heterocycles. The lowest BCUT2D eigenvalue weighted by molar-refractivity contribution is -0.132. The standard InChI is InChI=1S/C22H29N3O3/c1-27-20-7-9-21(10-8-20)28-16-11-23-17-22(26)25-14-12-24(13-15-25)18-19-5-3-2-4-6-19/h2-10,23H,11-18H2,1H3. The average molecular weight is 383 g/mol. The van der Waals surface area contributed by atoms with Gasteiger partial charge in [-0.15, -0.1) is 0 Å². The number of ether oxygens (including phenoxy) is 2. The van der Waals surface area contributed by atoms with Gasteiger partial charge in [0.1, 0.15) is 18.1 Å². The van der Waals surface area contributed by atoms with Crippen molar-refractivity contribution in [2.24, 2.45) is 0 Å². The quantitative estimate of drug-likeness (QED) is 0.672. The van der Waals surface area contributed by atoms with Crippen LogP contribution in [-0.4, -0.2) is 68.7 Å². The molecule has 1 N–H and O–H groups in total. The van der Waals surface area contributed by atoms with Crippen LogP contribution in [0.3, 0.4) is 0 Å². The van der Waals surface area contributed by atoms with E-state index in [1.165, 1.54) is 5.56 Å². The molecule has 1 heterocycles. The topological polar surface area (TPSA) is 54.0 Å². The van der Waals surface area contributed by atoms with Crippen molar-refractivity contribution in [2.45, 2.75) is 6.54 Å². The van der Waals surface area contributed by atoms with E-state index in [-0.39, 0.29) is 5.91 Å². The highest BCUT2D eigenvalue weighted by molar-refractivity contribution is 5.78. The minimum absolute atomic E-state index is 0.156. The predicted octanol–water partition coefficient (Wildman–Crippen LogP) is 2.01. The Kier molecular flexibility index (Phi) is 7.70. The molecule has 0 spiro atoms. The van der Waals surface area contributed by atoms with Crippen LogP contribution < -0.4 is 14.8 Å². The van der Waals surface area contributed by atoms with Crippen LogP contribution in [0.1, 0.15) is 5.56 Å². The molecule has 1 amide bonds. The van der Waals surface area contributed by atoms with Crippen LogP contribution in [0.25, 0.3) is 0 Å². The fourth-order valence-corrected chi connectivity index (χ4v) is 3.22. The molecule has 2 aromatic carbocycles. The van der Waals surface area contributed by atoms with Gasteiger partial charge in [0.05, 0.1) is 13.7 Å². The Labute approximate surface area is 167 Å². The molecule has 6 nitrogen and oxygen atoms in total. The maximum absolute atomic E-state index is 12.4. The molecule has 0 bridgehead atoms. The van der Waals surface area contributed by atoms with Gasteiger partial charge in [-0.1, -0.05) is 30.3 Å². The van der Waals surface area contributed by atoms with Gasteiger partial charge in [0.15, 0.2) is 0 Å². The third-order valence-electron chi connectivity index (χ3n) is 4.86. The summed E-state index contributed by atoms with van der Waals surface area (Å²) in [7, 11) is 1.64. The molecule has 1 aliphatic heterocycles. The number of benzene rings is 2. The Morgan fingerprint density at radius 2 is 1.64 bits per heavy atom. The minimum Gasteiger partial charge on any atom is -0.497 e. The number of amides is 1. The fourth-order valence-electron chi connectivity index (χ4n) is 3.22. The summed E-state index contributed by atoms with van der Waals surface area (Å²) in [5.74, 6) is 1.76. The van der Waals surface area contributed by atoms with E-state index in [2.05, 4.69) is 34.5 Å². The van der Waals surface area contributed by atoms with Crippen molar-refractivity contribution in [2.75, 3.05) is 53.0 Å². The predicted molar refractivity (Wildman–Crippen MR) is 110 cm³/mol. The first-order valence-corrected chi connectivity index (χ1v) is 9.76. The molecule has 0 saturated carbocycles. The number of methoxy groups -OCH3 is 1. The van der Waals surface area contributed by atoms with Gasteiger partial charge in [-0.05, 0) is 29.8 Å². The second-order valence-corrected chi connectivity index (χ2v) is 6.84. The first-order valence-electron chi connectivity index (χ1n) is 9.76. The average Bonchev–Trinajstić information content (AvgIpc) is 2.75. The third kappa shape index (κ3) is 6.25. The van der Waals surface area contributed by atoms with Crippen LogP contribution in [0.15, 0.2) is 54.6 Å². The normalized spacial score (nSPS) is 14.7. The van der Waals surface area contributed by atoms with Crippen molar-refractivity contribution in [1.82, 2.24) is 15.1 Å². The van der Waals surface area contributed by atoms with E-state index in [1.54, 1.807) is 7.11 Å². The molecule has 0 aliphatic carbocycles. The van der Waals surface area contributed by atoms with Gasteiger partial charge >= 0.3 is 0 Å². The van der Waals surface area contributed by atoms with Crippen LogP contribution in [0.5, 0.6) is 11.5 Å². The summed E-state index contributed by atoms with van der Waals surface area (Å²) in [5, 5.41) is 3.17. The Balaban J connectivity index is 1.28. The second-order valence-electron chi connectivity index (χ2n) is 6.84. The maximum Gasteiger partial charge on any atom is 0.236 e. The highest BCUT2D eigenvalue weighted by atomic mass is 16.5. The highest BCUT2D eigenvalue weighted by Gasteiger charge is 2.20. The van der Waals surface area contributed by atoms with Crippen molar-refractivity contribution >= 4 is 5.91 Å². The lowest BCUT2D eigenvalue weighted by atomic mass is 10.2. The van der Waals surface area contributed by atoms with E-state index in [9.17, 15) is 4.79 Å². The zero-order valence-corrected chi connectivity index (χ0v) is 16.5. The molecule has 0 atom stereocenters. The van der Waals surface area contributed by atoms with Crippen molar-refractivity contribution in [3.8, 4) is 11.5 Å². The molecule has 1 aliphatic rings. The molecule has 150 valence electrons. The van der Waals surface area contributed by atoms with Crippen molar-refractivity contribution in [3.63, 3.8) is 0 Å². The van der Waals surface area contributed by atoms with Gasteiger partial charge in [0, 0.05) is 39.3 Å². The lowest BCUT2D eigenvalue weighted by Crippen LogP contribution is -2.50. The number of carbonyl (C=O) groups excluding carboxylic acids is 1.